The van der Waals surface area contributed by atoms with Crippen molar-refractivity contribution >= 4 is 45.4 Å². The zero-order chi connectivity index (χ0) is 24.6. The third kappa shape index (κ3) is 2.94. The van der Waals surface area contributed by atoms with Gasteiger partial charge in [0.25, 0.3) is 0 Å². The fraction of sp³-hybridized carbons (Fsp3) is 0.259. The van der Waals surface area contributed by atoms with Crippen LogP contribution >= 0.6 is 0 Å². The number of hydrogen-bond acceptors (Lipinski definition) is 5. The summed E-state index contributed by atoms with van der Waals surface area (Å²) < 4.78 is 8.78. The first-order valence-corrected chi connectivity index (χ1v) is 17.5. The predicted molar refractivity (Wildman–Crippen MR) is 137 cm³/mol. The minimum atomic E-state index is -2.86. The van der Waals surface area contributed by atoms with E-state index in [1.165, 1.54) is 14.9 Å². The second kappa shape index (κ2) is 7.37. The SMILES string of the molecule is CN(C)c1ccc2[c](c1)[Ge]([CH3])([CH3])[c]1cc(N(C)C)ccc1C21OC(=O)c2ccc(C(=O)O)cc21. The summed E-state index contributed by atoms with van der Waals surface area (Å²) in [4.78, 5) is 29.2. The Morgan fingerprint density at radius 2 is 1.35 bits per heavy atom. The van der Waals surface area contributed by atoms with Gasteiger partial charge in [-0.3, -0.25) is 0 Å². The van der Waals surface area contributed by atoms with Gasteiger partial charge in [0, 0.05) is 0 Å². The molecule has 34 heavy (non-hydrogen) atoms. The number of carboxylic acids is 1. The van der Waals surface area contributed by atoms with E-state index in [2.05, 4.69) is 45.6 Å². The normalized spacial score (nSPS) is 16.4. The zero-order valence-corrected chi connectivity index (χ0v) is 22.4. The second-order valence-electron chi connectivity index (χ2n) is 10.0. The van der Waals surface area contributed by atoms with Crippen LogP contribution < -0.4 is 18.6 Å². The summed E-state index contributed by atoms with van der Waals surface area (Å²) in [5, 5.41) is 9.71. The molecule has 1 N–H and O–H groups in total. The van der Waals surface area contributed by atoms with E-state index in [0.29, 0.717) is 11.1 Å². The molecule has 0 radical (unpaired) electrons. The average molecular weight is 517 g/mol. The molecule has 0 amide bonds. The molecule has 6 nitrogen and oxygen atoms in total. The van der Waals surface area contributed by atoms with Crippen molar-refractivity contribution in [1.29, 1.82) is 0 Å². The van der Waals surface area contributed by atoms with Gasteiger partial charge in [0.2, 0.25) is 0 Å². The molecule has 1 spiro atoms. The van der Waals surface area contributed by atoms with Crippen LogP contribution in [0, 0.1) is 0 Å². The fourth-order valence-electron chi connectivity index (χ4n) is 5.35. The summed E-state index contributed by atoms with van der Waals surface area (Å²) in [7, 11) is 8.07. The second-order valence-corrected chi connectivity index (χ2v) is 19.1. The number of ether oxygens (including phenoxy) is 1. The van der Waals surface area contributed by atoms with Crippen LogP contribution in [0.1, 0.15) is 37.4 Å². The summed E-state index contributed by atoms with van der Waals surface area (Å²) in [6.07, 6.45) is 0. The molecule has 0 aromatic heterocycles. The van der Waals surface area contributed by atoms with Gasteiger partial charge in [0.15, 0.2) is 0 Å². The van der Waals surface area contributed by atoms with E-state index in [-0.39, 0.29) is 5.56 Å². The van der Waals surface area contributed by atoms with Crippen molar-refractivity contribution in [3.8, 4) is 0 Å². The molecule has 2 heterocycles. The van der Waals surface area contributed by atoms with Crippen LogP contribution in [0.5, 0.6) is 0 Å². The zero-order valence-electron chi connectivity index (χ0n) is 20.3. The van der Waals surface area contributed by atoms with Gasteiger partial charge in [-0.25, -0.2) is 0 Å². The Morgan fingerprint density at radius 3 is 1.82 bits per heavy atom. The van der Waals surface area contributed by atoms with E-state index < -0.39 is 30.8 Å². The number of nitrogens with zero attached hydrogens (tertiary/aromatic N) is 2. The maximum absolute atomic E-state index is 13.2. The Hall–Kier alpha value is -3.26. The fourth-order valence-corrected chi connectivity index (χ4v) is 12.0. The third-order valence-electron chi connectivity index (χ3n) is 7.26. The summed E-state index contributed by atoms with van der Waals surface area (Å²) in [6, 6.07) is 17.4. The van der Waals surface area contributed by atoms with Crippen LogP contribution in [0.3, 0.4) is 0 Å². The van der Waals surface area contributed by atoms with E-state index in [1.807, 2.05) is 40.3 Å². The molecule has 3 aromatic carbocycles. The standard InChI is InChI=1S/C27H28GeN2O4/c1-28(2)23-14-17(29(3)4)8-11-20(23)27(21-12-9-18(30(5)6)15-24(21)28)22-13-16(25(31)32)7-10-19(22)26(33)34-27/h7-15H,1-6H3,(H,31,32). The molecule has 0 aliphatic carbocycles. The van der Waals surface area contributed by atoms with Crippen LogP contribution in [0.15, 0.2) is 54.6 Å². The first-order chi connectivity index (χ1) is 16.0. The Bertz CT molecular complexity index is 1320. The van der Waals surface area contributed by atoms with Crippen LogP contribution in [0.2, 0.25) is 11.5 Å². The van der Waals surface area contributed by atoms with Gasteiger partial charge in [-0.05, 0) is 0 Å². The van der Waals surface area contributed by atoms with Gasteiger partial charge in [0.05, 0.1) is 0 Å². The van der Waals surface area contributed by atoms with Gasteiger partial charge in [-0.15, -0.1) is 0 Å². The van der Waals surface area contributed by atoms with Crippen molar-refractivity contribution in [2.24, 2.45) is 0 Å². The van der Waals surface area contributed by atoms with E-state index in [9.17, 15) is 14.7 Å². The van der Waals surface area contributed by atoms with Crippen molar-refractivity contribution in [2.75, 3.05) is 38.0 Å². The molecule has 2 aliphatic rings. The summed E-state index contributed by atoms with van der Waals surface area (Å²) in [5.74, 6) is 3.28. The number of anilines is 2. The molecular formula is C27H28GeN2O4. The molecule has 0 unspecified atom stereocenters. The number of benzene rings is 3. The molecule has 0 saturated heterocycles. The third-order valence-corrected chi connectivity index (χ3v) is 14.6. The first-order valence-electron chi connectivity index (χ1n) is 11.2. The van der Waals surface area contributed by atoms with Gasteiger partial charge < -0.3 is 0 Å². The number of carbonyl (C=O) groups excluding carboxylic acids is 1. The van der Waals surface area contributed by atoms with E-state index in [1.54, 1.807) is 12.1 Å². The van der Waals surface area contributed by atoms with Crippen molar-refractivity contribution in [3.05, 3.63) is 82.4 Å². The molecule has 0 saturated carbocycles. The summed E-state index contributed by atoms with van der Waals surface area (Å²) >= 11 is -2.86. The Morgan fingerprint density at radius 1 is 0.824 bits per heavy atom. The Labute approximate surface area is 202 Å². The number of hydrogen-bond donors (Lipinski definition) is 1. The van der Waals surface area contributed by atoms with Crippen LogP contribution in [0.25, 0.3) is 0 Å². The minimum absolute atomic E-state index is 0.140. The van der Waals surface area contributed by atoms with Crippen molar-refractivity contribution in [3.63, 3.8) is 0 Å². The molecule has 0 atom stereocenters. The molecule has 3 aromatic rings. The Balaban J connectivity index is 1.93. The molecule has 2 aliphatic heterocycles. The molecule has 5 rings (SSSR count). The van der Waals surface area contributed by atoms with E-state index in [4.69, 9.17) is 4.74 Å². The number of rotatable bonds is 3. The van der Waals surface area contributed by atoms with Gasteiger partial charge in [0.1, 0.15) is 0 Å². The number of aromatic carboxylic acids is 1. The topological polar surface area (TPSA) is 70.1 Å². The first kappa shape index (κ1) is 22.5. The molecule has 0 fully saturated rings. The van der Waals surface area contributed by atoms with Crippen molar-refractivity contribution in [1.82, 2.24) is 0 Å². The van der Waals surface area contributed by atoms with Crippen molar-refractivity contribution in [2.45, 2.75) is 17.1 Å². The van der Waals surface area contributed by atoms with Crippen LogP contribution in [0.4, 0.5) is 11.4 Å². The van der Waals surface area contributed by atoms with Crippen LogP contribution in [-0.2, 0) is 10.3 Å². The van der Waals surface area contributed by atoms with E-state index >= 15 is 0 Å². The maximum atomic E-state index is 13.2. The quantitative estimate of drug-likeness (QED) is 0.426. The van der Waals surface area contributed by atoms with Crippen LogP contribution in [-0.4, -0.2) is 58.5 Å². The number of esters is 1. The number of fused-ring (bicyclic) bond motifs is 6. The number of carbonyl (C=O) groups is 2. The Kier molecular flexibility index (Phi) is 4.88. The molecule has 7 heteroatoms. The van der Waals surface area contributed by atoms with Gasteiger partial charge in [-0.1, -0.05) is 0 Å². The average Bonchev–Trinajstić information content (AvgIpc) is 3.09. The summed E-state index contributed by atoms with van der Waals surface area (Å²) in [6.45, 7) is 0. The monoisotopic (exact) mass is 518 g/mol. The molecule has 0 bridgehead atoms. The number of carboxylic acid groups (broad SMARTS) is 1. The molecule has 174 valence electrons. The van der Waals surface area contributed by atoms with E-state index in [0.717, 1.165) is 22.5 Å². The van der Waals surface area contributed by atoms with Crippen molar-refractivity contribution < 1.29 is 19.4 Å². The van der Waals surface area contributed by atoms with Gasteiger partial charge >= 0.3 is 202 Å². The predicted octanol–water partition coefficient (Wildman–Crippen LogP) is 3.12. The molecular weight excluding hydrogens is 489 g/mol. The van der Waals surface area contributed by atoms with Gasteiger partial charge in [-0.2, -0.15) is 0 Å². The summed E-state index contributed by atoms with van der Waals surface area (Å²) in [5.41, 5.74) is 4.06.